The summed E-state index contributed by atoms with van der Waals surface area (Å²) in [6, 6.07) is 5.56. The molecule has 2 rings (SSSR count). The number of benzene rings is 1. The molecule has 2 aromatic rings. The fraction of sp³-hybridized carbons (Fsp3) is 0.167. The van der Waals surface area contributed by atoms with Crippen LogP contribution < -0.4 is 16.0 Å². The minimum atomic E-state index is -0.567. The normalized spacial score (nSPS) is 10.2. The molecule has 0 saturated carbocycles. The Balaban J connectivity index is 2.29. The number of nitro benzene ring substituents is 1. The number of ether oxygens (including phenoxy) is 1. The Labute approximate surface area is 125 Å². The molecule has 0 fully saturated rings. The van der Waals surface area contributed by atoms with Gasteiger partial charge in [0.1, 0.15) is 22.4 Å². The van der Waals surface area contributed by atoms with E-state index in [0.717, 1.165) is 0 Å². The predicted octanol–water partition coefficient (Wildman–Crippen LogP) is 2.68. The van der Waals surface area contributed by atoms with E-state index in [1.807, 2.05) is 6.92 Å². The molecule has 1 heterocycles. The summed E-state index contributed by atoms with van der Waals surface area (Å²) < 4.78 is 5.53. The van der Waals surface area contributed by atoms with Crippen molar-refractivity contribution in [1.29, 1.82) is 0 Å². The number of aryl methyl sites for hydroxylation is 1. The maximum atomic E-state index is 10.7. The quantitative estimate of drug-likeness (QED) is 0.495. The molecule has 0 atom stereocenters. The number of anilines is 1. The first kappa shape index (κ1) is 14.9. The van der Waals surface area contributed by atoms with Gasteiger partial charge in [-0.1, -0.05) is 18.5 Å². The van der Waals surface area contributed by atoms with Crippen molar-refractivity contribution in [3.05, 3.63) is 45.2 Å². The number of nitrogens with one attached hydrogen (secondary N) is 1. The van der Waals surface area contributed by atoms with Gasteiger partial charge in [0.05, 0.1) is 4.92 Å². The summed E-state index contributed by atoms with van der Waals surface area (Å²) in [6.07, 6.45) is 0.604. The molecule has 0 amide bonds. The number of nitro groups is 1. The maximum absolute atomic E-state index is 10.7. The lowest BCUT2D eigenvalue weighted by molar-refractivity contribution is -0.384. The minimum Gasteiger partial charge on any atom is -0.439 e. The standard InChI is InChI=1S/C12H12ClN5O3/c1-2-10-15-11(17-14)6-12(16-10)21-7-3-4-9(18(19)20)8(13)5-7/h3-6H,2,14H2,1H3,(H,15,16,17). The van der Waals surface area contributed by atoms with Crippen LogP contribution in [0.1, 0.15) is 12.7 Å². The highest BCUT2D eigenvalue weighted by Crippen LogP contribution is 2.30. The van der Waals surface area contributed by atoms with E-state index in [4.69, 9.17) is 22.2 Å². The van der Waals surface area contributed by atoms with Crippen molar-refractivity contribution < 1.29 is 9.66 Å². The van der Waals surface area contributed by atoms with E-state index in [9.17, 15) is 10.1 Å². The number of halogens is 1. The predicted molar refractivity (Wildman–Crippen MR) is 77.4 cm³/mol. The summed E-state index contributed by atoms with van der Waals surface area (Å²) in [6.45, 7) is 1.89. The number of nitrogens with zero attached hydrogens (tertiary/aromatic N) is 3. The Morgan fingerprint density at radius 3 is 2.76 bits per heavy atom. The average molecular weight is 310 g/mol. The first-order valence-corrected chi connectivity index (χ1v) is 6.37. The third-order valence-electron chi connectivity index (χ3n) is 2.55. The number of hydrogen-bond donors (Lipinski definition) is 2. The second-order valence-electron chi connectivity index (χ2n) is 3.98. The molecule has 0 saturated heterocycles. The van der Waals surface area contributed by atoms with Gasteiger partial charge in [-0.15, -0.1) is 0 Å². The van der Waals surface area contributed by atoms with Crippen LogP contribution in [0, 0.1) is 10.1 Å². The van der Waals surface area contributed by atoms with E-state index in [2.05, 4.69) is 15.4 Å². The van der Waals surface area contributed by atoms with Gasteiger partial charge in [-0.3, -0.25) is 10.1 Å². The van der Waals surface area contributed by atoms with Crippen molar-refractivity contribution >= 4 is 23.1 Å². The van der Waals surface area contributed by atoms with E-state index < -0.39 is 4.92 Å². The number of hydrogen-bond acceptors (Lipinski definition) is 7. The maximum Gasteiger partial charge on any atom is 0.288 e. The lowest BCUT2D eigenvalue weighted by Crippen LogP contribution is -2.10. The molecule has 0 radical (unpaired) electrons. The monoisotopic (exact) mass is 309 g/mol. The zero-order chi connectivity index (χ0) is 15.4. The third-order valence-corrected chi connectivity index (χ3v) is 2.85. The Bertz CT molecular complexity index is 658. The number of hydrazine groups is 1. The Kier molecular flexibility index (Phi) is 4.51. The molecule has 0 bridgehead atoms. The highest BCUT2D eigenvalue weighted by molar-refractivity contribution is 6.32. The smallest absolute Gasteiger partial charge is 0.288 e. The first-order chi connectivity index (χ1) is 10.0. The largest absolute Gasteiger partial charge is 0.439 e. The average Bonchev–Trinajstić information content (AvgIpc) is 2.46. The molecule has 0 unspecified atom stereocenters. The summed E-state index contributed by atoms with van der Waals surface area (Å²) in [5, 5.41) is 10.7. The molecule has 0 aliphatic rings. The second-order valence-corrected chi connectivity index (χ2v) is 4.39. The van der Waals surface area contributed by atoms with E-state index in [1.165, 1.54) is 24.3 Å². The van der Waals surface area contributed by atoms with Crippen LogP contribution in [0.4, 0.5) is 11.5 Å². The zero-order valence-corrected chi connectivity index (χ0v) is 11.8. The second kappa shape index (κ2) is 6.33. The van der Waals surface area contributed by atoms with E-state index in [-0.39, 0.29) is 16.6 Å². The zero-order valence-electron chi connectivity index (χ0n) is 11.0. The van der Waals surface area contributed by atoms with Crippen LogP contribution in [-0.4, -0.2) is 14.9 Å². The lowest BCUT2D eigenvalue weighted by atomic mass is 10.3. The molecule has 9 heteroatoms. The summed E-state index contributed by atoms with van der Waals surface area (Å²) in [7, 11) is 0. The summed E-state index contributed by atoms with van der Waals surface area (Å²) in [5.41, 5.74) is 2.23. The van der Waals surface area contributed by atoms with E-state index >= 15 is 0 Å². The number of aromatic nitrogens is 2. The summed E-state index contributed by atoms with van der Waals surface area (Å²) in [4.78, 5) is 18.4. The fourth-order valence-corrected chi connectivity index (χ4v) is 1.82. The van der Waals surface area contributed by atoms with Gasteiger partial charge in [-0.25, -0.2) is 10.8 Å². The van der Waals surface area contributed by atoms with Crippen LogP contribution in [0.5, 0.6) is 11.6 Å². The van der Waals surface area contributed by atoms with Gasteiger partial charge in [-0.05, 0) is 6.07 Å². The summed E-state index contributed by atoms with van der Waals surface area (Å²) >= 11 is 5.82. The van der Waals surface area contributed by atoms with Crippen molar-refractivity contribution in [2.24, 2.45) is 5.84 Å². The molecule has 3 N–H and O–H groups in total. The fourth-order valence-electron chi connectivity index (χ4n) is 1.58. The van der Waals surface area contributed by atoms with Crippen LogP contribution in [0.3, 0.4) is 0 Å². The Morgan fingerprint density at radius 1 is 1.43 bits per heavy atom. The third kappa shape index (κ3) is 3.56. The van der Waals surface area contributed by atoms with Crippen LogP contribution in [-0.2, 0) is 6.42 Å². The van der Waals surface area contributed by atoms with Gasteiger partial charge >= 0.3 is 0 Å². The van der Waals surface area contributed by atoms with Crippen LogP contribution in [0.2, 0.25) is 5.02 Å². The molecule has 1 aromatic carbocycles. The molecule has 0 aliphatic carbocycles. The van der Waals surface area contributed by atoms with Crippen molar-refractivity contribution in [3.63, 3.8) is 0 Å². The molecule has 1 aromatic heterocycles. The van der Waals surface area contributed by atoms with Gasteiger partial charge < -0.3 is 10.2 Å². The van der Waals surface area contributed by atoms with Crippen molar-refractivity contribution in [2.75, 3.05) is 5.43 Å². The van der Waals surface area contributed by atoms with Crippen molar-refractivity contribution in [1.82, 2.24) is 9.97 Å². The van der Waals surface area contributed by atoms with E-state index in [0.29, 0.717) is 23.8 Å². The molecule has 0 spiro atoms. The first-order valence-electron chi connectivity index (χ1n) is 6.00. The van der Waals surface area contributed by atoms with E-state index in [1.54, 1.807) is 0 Å². The highest BCUT2D eigenvalue weighted by atomic mass is 35.5. The van der Waals surface area contributed by atoms with Gasteiger partial charge in [0.15, 0.2) is 0 Å². The van der Waals surface area contributed by atoms with Crippen LogP contribution in [0.15, 0.2) is 24.3 Å². The minimum absolute atomic E-state index is 0.0144. The van der Waals surface area contributed by atoms with Gasteiger partial charge in [0.25, 0.3) is 5.69 Å². The number of nitrogens with two attached hydrogens (primary N) is 1. The van der Waals surface area contributed by atoms with Crippen molar-refractivity contribution in [2.45, 2.75) is 13.3 Å². The van der Waals surface area contributed by atoms with Gasteiger partial charge in [0, 0.05) is 24.6 Å². The number of rotatable bonds is 5. The molecular weight excluding hydrogens is 298 g/mol. The molecule has 110 valence electrons. The molecule has 21 heavy (non-hydrogen) atoms. The molecular formula is C12H12ClN5O3. The van der Waals surface area contributed by atoms with Crippen molar-refractivity contribution in [3.8, 4) is 11.6 Å². The highest BCUT2D eigenvalue weighted by Gasteiger charge is 2.13. The lowest BCUT2D eigenvalue weighted by Gasteiger charge is -2.08. The Hall–Kier alpha value is -2.45. The summed E-state index contributed by atoms with van der Waals surface area (Å²) in [5.74, 6) is 6.87. The molecule has 8 nitrogen and oxygen atoms in total. The topological polar surface area (TPSA) is 116 Å². The van der Waals surface area contributed by atoms with Crippen LogP contribution >= 0.6 is 11.6 Å². The van der Waals surface area contributed by atoms with Crippen LogP contribution in [0.25, 0.3) is 0 Å². The van der Waals surface area contributed by atoms with Gasteiger partial charge in [-0.2, -0.15) is 4.98 Å². The Morgan fingerprint density at radius 2 is 2.19 bits per heavy atom. The number of nitrogen functional groups attached to an aromatic ring is 1. The van der Waals surface area contributed by atoms with Gasteiger partial charge in [0.2, 0.25) is 5.88 Å². The SMILES string of the molecule is CCc1nc(NN)cc(Oc2ccc([N+](=O)[O-])c(Cl)c2)n1. The molecule has 0 aliphatic heterocycles.